The van der Waals surface area contributed by atoms with Crippen molar-refractivity contribution in [1.82, 2.24) is 15.5 Å². The van der Waals surface area contributed by atoms with Crippen molar-refractivity contribution in [2.24, 2.45) is 11.8 Å². The molecule has 1 aromatic heterocycles. The largest absolute Gasteiger partial charge is 0.339 e. The molecule has 4 heteroatoms. The minimum Gasteiger partial charge on any atom is -0.339 e. The summed E-state index contributed by atoms with van der Waals surface area (Å²) in [6.07, 6.45) is 10.1. The molecule has 3 unspecified atom stereocenters. The van der Waals surface area contributed by atoms with E-state index in [4.69, 9.17) is 4.52 Å². The molecule has 4 nitrogen and oxygen atoms in total. The molecule has 3 rings (SSSR count). The number of nitrogens with one attached hydrogen (secondary N) is 1. The molecule has 2 aliphatic rings. The zero-order chi connectivity index (χ0) is 13.9. The second-order valence-electron chi connectivity index (χ2n) is 6.81. The van der Waals surface area contributed by atoms with Gasteiger partial charge >= 0.3 is 0 Å². The van der Waals surface area contributed by atoms with E-state index in [9.17, 15) is 0 Å². The normalized spacial score (nSPS) is 29.1. The SMILES string of the molecule is CNC(Cc1nc(C2CCC(C)C2)no1)C1CCCC1. The molecule has 20 heavy (non-hydrogen) atoms. The van der Waals surface area contributed by atoms with Crippen LogP contribution in [0.5, 0.6) is 0 Å². The molecule has 0 aromatic carbocycles. The van der Waals surface area contributed by atoms with Gasteiger partial charge in [0, 0.05) is 18.4 Å². The van der Waals surface area contributed by atoms with Crippen LogP contribution in [0.3, 0.4) is 0 Å². The first-order valence-electron chi connectivity index (χ1n) is 8.26. The Morgan fingerprint density at radius 3 is 2.70 bits per heavy atom. The Bertz CT molecular complexity index is 425. The van der Waals surface area contributed by atoms with Gasteiger partial charge in [0.1, 0.15) is 0 Å². The van der Waals surface area contributed by atoms with Crippen LogP contribution in [0.4, 0.5) is 0 Å². The molecule has 0 spiro atoms. The Balaban J connectivity index is 1.61. The van der Waals surface area contributed by atoms with Crippen molar-refractivity contribution >= 4 is 0 Å². The summed E-state index contributed by atoms with van der Waals surface area (Å²) in [6.45, 7) is 2.32. The molecule has 2 saturated carbocycles. The highest BCUT2D eigenvalue weighted by Crippen LogP contribution is 2.36. The smallest absolute Gasteiger partial charge is 0.228 e. The summed E-state index contributed by atoms with van der Waals surface area (Å²) >= 11 is 0. The molecule has 2 aliphatic carbocycles. The van der Waals surface area contributed by atoms with E-state index in [2.05, 4.69) is 29.4 Å². The highest BCUT2D eigenvalue weighted by Gasteiger charge is 2.29. The van der Waals surface area contributed by atoms with Crippen LogP contribution in [0.25, 0.3) is 0 Å². The van der Waals surface area contributed by atoms with Gasteiger partial charge in [0.25, 0.3) is 0 Å². The van der Waals surface area contributed by atoms with E-state index in [0.717, 1.165) is 30.0 Å². The fourth-order valence-electron chi connectivity index (χ4n) is 4.01. The first-order chi connectivity index (χ1) is 9.76. The molecular weight excluding hydrogens is 250 g/mol. The summed E-state index contributed by atoms with van der Waals surface area (Å²) in [6, 6.07) is 0.494. The van der Waals surface area contributed by atoms with Crippen LogP contribution in [-0.4, -0.2) is 23.2 Å². The Morgan fingerprint density at radius 1 is 1.25 bits per heavy atom. The van der Waals surface area contributed by atoms with E-state index in [1.165, 1.54) is 44.9 Å². The average Bonchev–Trinajstić information content (AvgIpc) is 3.16. The molecule has 2 fully saturated rings. The van der Waals surface area contributed by atoms with Gasteiger partial charge in [-0.2, -0.15) is 4.98 Å². The number of aromatic nitrogens is 2. The maximum Gasteiger partial charge on any atom is 0.228 e. The maximum absolute atomic E-state index is 5.50. The maximum atomic E-state index is 5.50. The summed E-state index contributed by atoms with van der Waals surface area (Å²) in [5.41, 5.74) is 0. The molecule has 0 bridgehead atoms. The van der Waals surface area contributed by atoms with Gasteiger partial charge in [0.15, 0.2) is 5.82 Å². The monoisotopic (exact) mass is 277 g/mol. The second-order valence-corrected chi connectivity index (χ2v) is 6.81. The van der Waals surface area contributed by atoms with Gasteiger partial charge in [-0.3, -0.25) is 0 Å². The van der Waals surface area contributed by atoms with Crippen molar-refractivity contribution in [2.75, 3.05) is 7.05 Å². The predicted molar refractivity (Wildman–Crippen MR) is 78.6 cm³/mol. The molecule has 0 aliphatic heterocycles. The standard InChI is InChI=1S/C16H27N3O/c1-11-7-8-13(9-11)16-18-15(20-19-16)10-14(17-2)12-5-3-4-6-12/h11-14,17H,3-10H2,1-2H3. The molecule has 112 valence electrons. The fourth-order valence-corrected chi connectivity index (χ4v) is 4.01. The lowest BCUT2D eigenvalue weighted by molar-refractivity contribution is 0.316. The number of nitrogens with zero attached hydrogens (tertiary/aromatic N) is 2. The Kier molecular flexibility index (Phi) is 4.39. The van der Waals surface area contributed by atoms with Gasteiger partial charge in [0.2, 0.25) is 5.89 Å². The number of hydrogen-bond donors (Lipinski definition) is 1. The van der Waals surface area contributed by atoms with Crippen LogP contribution in [0.2, 0.25) is 0 Å². The van der Waals surface area contributed by atoms with Crippen LogP contribution in [0.1, 0.15) is 69.5 Å². The zero-order valence-corrected chi connectivity index (χ0v) is 12.8. The van der Waals surface area contributed by atoms with Crippen LogP contribution in [-0.2, 0) is 6.42 Å². The summed E-state index contributed by atoms with van der Waals surface area (Å²) in [4.78, 5) is 4.67. The number of hydrogen-bond acceptors (Lipinski definition) is 4. The third-order valence-corrected chi connectivity index (χ3v) is 5.28. The zero-order valence-electron chi connectivity index (χ0n) is 12.8. The highest BCUT2D eigenvalue weighted by molar-refractivity contribution is 5.00. The summed E-state index contributed by atoms with van der Waals surface area (Å²) in [7, 11) is 2.05. The predicted octanol–water partition coefficient (Wildman–Crippen LogP) is 3.29. The van der Waals surface area contributed by atoms with Crippen LogP contribution in [0.15, 0.2) is 4.52 Å². The van der Waals surface area contributed by atoms with E-state index in [0.29, 0.717) is 12.0 Å². The molecule has 1 heterocycles. The first kappa shape index (κ1) is 14.1. The van der Waals surface area contributed by atoms with Gasteiger partial charge in [0.05, 0.1) is 0 Å². The molecule has 1 N–H and O–H groups in total. The molecule has 0 saturated heterocycles. The van der Waals surface area contributed by atoms with Crippen molar-refractivity contribution in [3.05, 3.63) is 11.7 Å². The van der Waals surface area contributed by atoms with Crippen molar-refractivity contribution in [3.8, 4) is 0 Å². The highest BCUT2D eigenvalue weighted by atomic mass is 16.5. The first-order valence-corrected chi connectivity index (χ1v) is 8.26. The molecular formula is C16H27N3O. The van der Waals surface area contributed by atoms with Crippen molar-refractivity contribution in [1.29, 1.82) is 0 Å². The van der Waals surface area contributed by atoms with Crippen molar-refractivity contribution in [3.63, 3.8) is 0 Å². The summed E-state index contributed by atoms with van der Waals surface area (Å²) < 4.78 is 5.50. The molecule has 0 amide bonds. The lowest BCUT2D eigenvalue weighted by atomic mass is 9.95. The van der Waals surface area contributed by atoms with Gasteiger partial charge in [-0.1, -0.05) is 24.9 Å². The van der Waals surface area contributed by atoms with Gasteiger partial charge in [-0.05, 0) is 51.0 Å². The van der Waals surface area contributed by atoms with Gasteiger partial charge in [-0.15, -0.1) is 0 Å². The van der Waals surface area contributed by atoms with E-state index >= 15 is 0 Å². The Labute approximate surface area is 121 Å². The van der Waals surface area contributed by atoms with Crippen molar-refractivity contribution in [2.45, 2.75) is 70.3 Å². The fraction of sp³-hybridized carbons (Fsp3) is 0.875. The third kappa shape index (κ3) is 3.05. The summed E-state index contributed by atoms with van der Waals surface area (Å²) in [5.74, 6) is 3.89. The summed E-state index contributed by atoms with van der Waals surface area (Å²) in [5, 5.41) is 7.68. The Hall–Kier alpha value is -0.900. The average molecular weight is 277 g/mol. The van der Waals surface area contributed by atoms with Crippen LogP contribution >= 0.6 is 0 Å². The molecule has 3 atom stereocenters. The topological polar surface area (TPSA) is 51.0 Å². The van der Waals surface area contributed by atoms with Gasteiger partial charge in [-0.25, -0.2) is 0 Å². The van der Waals surface area contributed by atoms with Crippen LogP contribution in [0, 0.1) is 11.8 Å². The lowest BCUT2D eigenvalue weighted by Gasteiger charge is -2.20. The number of rotatable bonds is 5. The second kappa shape index (κ2) is 6.25. The van der Waals surface area contributed by atoms with Crippen LogP contribution < -0.4 is 5.32 Å². The van der Waals surface area contributed by atoms with Crippen molar-refractivity contribution < 1.29 is 4.52 Å². The lowest BCUT2D eigenvalue weighted by Crippen LogP contribution is -2.34. The Morgan fingerprint density at radius 2 is 2.05 bits per heavy atom. The van der Waals surface area contributed by atoms with E-state index in [1.807, 2.05) is 0 Å². The molecule has 1 aromatic rings. The quantitative estimate of drug-likeness (QED) is 0.897. The van der Waals surface area contributed by atoms with Gasteiger partial charge < -0.3 is 9.84 Å². The van der Waals surface area contributed by atoms with E-state index < -0.39 is 0 Å². The number of likely N-dealkylation sites (N-methyl/N-ethyl adjacent to an activating group) is 1. The molecule has 0 radical (unpaired) electrons. The minimum absolute atomic E-state index is 0.494. The van der Waals surface area contributed by atoms with E-state index in [-0.39, 0.29) is 0 Å². The minimum atomic E-state index is 0.494. The third-order valence-electron chi connectivity index (χ3n) is 5.28. The van der Waals surface area contributed by atoms with E-state index in [1.54, 1.807) is 0 Å².